The lowest BCUT2D eigenvalue weighted by molar-refractivity contribution is -0.385. The van der Waals surface area contributed by atoms with Crippen LogP contribution in [0.15, 0.2) is 47.8 Å². The Morgan fingerprint density at radius 1 is 1.25 bits per heavy atom. The number of aryl methyl sites for hydroxylation is 1. The molecule has 0 aliphatic rings. The summed E-state index contributed by atoms with van der Waals surface area (Å²) in [6.07, 6.45) is 0.752. The summed E-state index contributed by atoms with van der Waals surface area (Å²) in [5, 5.41) is 17.0. The fourth-order valence-corrected chi connectivity index (χ4v) is 3.64. The fraction of sp³-hybridized carbons (Fsp3) is 0.167. The van der Waals surface area contributed by atoms with Crippen LogP contribution in [-0.4, -0.2) is 17.4 Å². The van der Waals surface area contributed by atoms with Crippen LogP contribution in [0.3, 0.4) is 0 Å². The average molecular weight is 340 g/mol. The van der Waals surface area contributed by atoms with Crippen molar-refractivity contribution in [3.05, 3.63) is 74.6 Å². The number of fused-ring (bicyclic) bond motifs is 1. The Labute approximate surface area is 143 Å². The van der Waals surface area contributed by atoms with Crippen molar-refractivity contribution in [3.63, 3.8) is 0 Å². The van der Waals surface area contributed by atoms with Gasteiger partial charge < -0.3 is 5.32 Å². The Balaban J connectivity index is 1.63. The van der Waals surface area contributed by atoms with Crippen LogP contribution in [0.1, 0.15) is 21.5 Å². The summed E-state index contributed by atoms with van der Waals surface area (Å²) in [5.74, 6) is -0.215. The number of nitro benzene ring substituents is 1. The lowest BCUT2D eigenvalue weighted by Crippen LogP contribution is -2.25. The first-order valence-corrected chi connectivity index (χ1v) is 8.42. The summed E-state index contributed by atoms with van der Waals surface area (Å²) < 4.78 is 1.24. The molecular formula is C18H16N2O3S. The van der Waals surface area contributed by atoms with Crippen molar-refractivity contribution >= 4 is 33.0 Å². The van der Waals surface area contributed by atoms with Crippen LogP contribution in [0, 0.1) is 17.0 Å². The van der Waals surface area contributed by atoms with E-state index in [1.54, 1.807) is 24.3 Å². The number of nitrogens with zero attached hydrogens (tertiary/aromatic N) is 1. The molecule has 24 heavy (non-hydrogen) atoms. The molecule has 0 aliphatic carbocycles. The molecule has 0 fully saturated rings. The third-order valence-electron chi connectivity index (χ3n) is 3.90. The highest BCUT2D eigenvalue weighted by Gasteiger charge is 2.13. The lowest BCUT2D eigenvalue weighted by Gasteiger charge is -2.06. The van der Waals surface area contributed by atoms with Gasteiger partial charge in [-0.1, -0.05) is 18.2 Å². The molecule has 6 heteroatoms. The number of hydrogen-bond acceptors (Lipinski definition) is 4. The normalized spacial score (nSPS) is 10.7. The maximum Gasteiger partial charge on any atom is 0.272 e. The summed E-state index contributed by atoms with van der Waals surface area (Å²) in [5.41, 5.74) is 2.16. The molecule has 0 aliphatic heterocycles. The predicted octanol–water partition coefficient (Wildman–Crippen LogP) is 4.09. The third kappa shape index (κ3) is 3.28. The second-order valence-electron chi connectivity index (χ2n) is 5.52. The van der Waals surface area contributed by atoms with E-state index < -0.39 is 4.92 Å². The van der Waals surface area contributed by atoms with Crippen molar-refractivity contribution in [2.75, 3.05) is 6.54 Å². The molecule has 0 saturated heterocycles. The fourth-order valence-electron chi connectivity index (χ4n) is 2.64. The van der Waals surface area contributed by atoms with Gasteiger partial charge in [0.25, 0.3) is 11.6 Å². The first kappa shape index (κ1) is 16.1. The minimum absolute atomic E-state index is 0.0243. The molecule has 122 valence electrons. The van der Waals surface area contributed by atoms with Gasteiger partial charge in [0, 0.05) is 28.4 Å². The van der Waals surface area contributed by atoms with Crippen LogP contribution < -0.4 is 5.32 Å². The molecule has 2 aromatic carbocycles. The van der Waals surface area contributed by atoms with E-state index in [9.17, 15) is 14.9 Å². The van der Waals surface area contributed by atoms with Gasteiger partial charge >= 0.3 is 0 Å². The molecule has 3 aromatic rings. The number of amides is 1. The number of rotatable bonds is 5. The second kappa shape index (κ2) is 6.80. The van der Waals surface area contributed by atoms with Crippen molar-refractivity contribution < 1.29 is 9.72 Å². The van der Waals surface area contributed by atoms with Crippen LogP contribution in [-0.2, 0) is 6.42 Å². The smallest absolute Gasteiger partial charge is 0.272 e. The summed E-state index contributed by atoms with van der Waals surface area (Å²) in [7, 11) is 0. The van der Waals surface area contributed by atoms with Gasteiger partial charge in [0.15, 0.2) is 0 Å². The number of carbonyl (C=O) groups excluding carboxylic acids is 1. The topological polar surface area (TPSA) is 72.2 Å². The first-order valence-electron chi connectivity index (χ1n) is 7.54. The minimum atomic E-state index is -0.446. The highest BCUT2D eigenvalue weighted by atomic mass is 32.1. The molecule has 1 aromatic heterocycles. The molecule has 0 spiro atoms. The van der Waals surface area contributed by atoms with Gasteiger partial charge in [-0.15, -0.1) is 11.3 Å². The van der Waals surface area contributed by atoms with E-state index >= 15 is 0 Å². The lowest BCUT2D eigenvalue weighted by atomic mass is 10.1. The summed E-state index contributed by atoms with van der Waals surface area (Å²) in [6, 6.07) is 12.6. The molecule has 0 unspecified atom stereocenters. The third-order valence-corrected chi connectivity index (χ3v) is 4.91. The maximum atomic E-state index is 12.2. The Kier molecular flexibility index (Phi) is 4.57. The van der Waals surface area contributed by atoms with Gasteiger partial charge in [0.05, 0.1) is 4.92 Å². The molecule has 5 nitrogen and oxygen atoms in total. The predicted molar refractivity (Wildman–Crippen MR) is 95.7 cm³/mol. The van der Waals surface area contributed by atoms with Crippen LogP contribution in [0.4, 0.5) is 5.69 Å². The van der Waals surface area contributed by atoms with Crippen LogP contribution in [0.2, 0.25) is 0 Å². The molecule has 0 saturated carbocycles. The Bertz CT molecular complexity index is 918. The van der Waals surface area contributed by atoms with Crippen molar-refractivity contribution in [1.29, 1.82) is 0 Å². The number of benzene rings is 2. The van der Waals surface area contributed by atoms with Gasteiger partial charge in [0.1, 0.15) is 0 Å². The van der Waals surface area contributed by atoms with Gasteiger partial charge in [-0.05, 0) is 47.9 Å². The SMILES string of the molecule is Cc1cc(C(=O)NCCc2csc3ccccc23)ccc1[N+](=O)[O-]. The van der Waals surface area contributed by atoms with Gasteiger partial charge in [-0.25, -0.2) is 0 Å². The van der Waals surface area contributed by atoms with E-state index in [0.29, 0.717) is 17.7 Å². The molecule has 0 atom stereocenters. The van der Waals surface area contributed by atoms with Crippen LogP contribution in [0.25, 0.3) is 10.1 Å². The average Bonchev–Trinajstić information content (AvgIpc) is 2.97. The molecule has 1 heterocycles. The monoisotopic (exact) mass is 340 g/mol. The summed E-state index contributed by atoms with van der Waals surface area (Å²) in [4.78, 5) is 22.6. The highest BCUT2D eigenvalue weighted by molar-refractivity contribution is 7.17. The highest BCUT2D eigenvalue weighted by Crippen LogP contribution is 2.25. The van der Waals surface area contributed by atoms with E-state index in [0.717, 1.165) is 6.42 Å². The molecule has 3 rings (SSSR count). The first-order chi connectivity index (χ1) is 11.6. The summed E-state index contributed by atoms with van der Waals surface area (Å²) >= 11 is 1.70. The van der Waals surface area contributed by atoms with Crippen molar-refractivity contribution in [3.8, 4) is 0 Å². The molecular weight excluding hydrogens is 324 g/mol. The van der Waals surface area contributed by atoms with E-state index in [1.165, 1.54) is 27.8 Å². The van der Waals surface area contributed by atoms with Crippen molar-refractivity contribution in [2.45, 2.75) is 13.3 Å². The Morgan fingerprint density at radius 2 is 2.04 bits per heavy atom. The number of hydrogen-bond donors (Lipinski definition) is 1. The maximum absolute atomic E-state index is 12.2. The Hall–Kier alpha value is -2.73. The van der Waals surface area contributed by atoms with E-state index in [-0.39, 0.29) is 11.6 Å². The standard InChI is InChI=1S/C18H16N2O3S/c1-12-10-13(6-7-16(12)20(22)23)18(21)19-9-8-14-11-24-17-5-3-2-4-15(14)17/h2-7,10-11H,8-9H2,1H3,(H,19,21). The zero-order chi connectivity index (χ0) is 17.1. The number of carbonyl (C=O) groups is 1. The second-order valence-corrected chi connectivity index (χ2v) is 6.43. The molecule has 0 radical (unpaired) electrons. The van der Waals surface area contributed by atoms with E-state index in [4.69, 9.17) is 0 Å². The van der Waals surface area contributed by atoms with Crippen LogP contribution in [0.5, 0.6) is 0 Å². The zero-order valence-electron chi connectivity index (χ0n) is 13.1. The number of thiophene rings is 1. The molecule has 0 bridgehead atoms. The zero-order valence-corrected chi connectivity index (χ0v) is 13.9. The van der Waals surface area contributed by atoms with Gasteiger partial charge in [0.2, 0.25) is 0 Å². The minimum Gasteiger partial charge on any atom is -0.352 e. The number of nitrogens with one attached hydrogen (secondary N) is 1. The quantitative estimate of drug-likeness (QED) is 0.561. The Morgan fingerprint density at radius 3 is 2.79 bits per heavy atom. The van der Waals surface area contributed by atoms with Crippen molar-refractivity contribution in [2.24, 2.45) is 0 Å². The van der Waals surface area contributed by atoms with Crippen LogP contribution >= 0.6 is 11.3 Å². The summed E-state index contributed by atoms with van der Waals surface area (Å²) in [6.45, 7) is 2.15. The van der Waals surface area contributed by atoms with Crippen molar-refractivity contribution in [1.82, 2.24) is 5.32 Å². The number of nitro groups is 1. The molecule has 1 N–H and O–H groups in total. The largest absolute Gasteiger partial charge is 0.352 e. The van der Waals surface area contributed by atoms with E-state index in [1.807, 2.05) is 12.1 Å². The van der Waals surface area contributed by atoms with E-state index in [2.05, 4.69) is 22.8 Å². The molecule has 1 amide bonds. The van der Waals surface area contributed by atoms with Gasteiger partial charge in [-0.3, -0.25) is 14.9 Å². The van der Waals surface area contributed by atoms with Gasteiger partial charge in [-0.2, -0.15) is 0 Å².